The molecule has 0 saturated carbocycles. The average Bonchev–Trinajstić information content (AvgIpc) is 2.29. The van der Waals surface area contributed by atoms with Gasteiger partial charge in [-0.2, -0.15) is 5.26 Å². The smallest absolute Gasteiger partial charge is 0.105 e. The molecule has 94 valence electrons. The molecule has 0 aliphatic heterocycles. The molecule has 0 aliphatic carbocycles. The molecule has 0 bridgehead atoms. The van der Waals surface area contributed by atoms with E-state index in [1.165, 1.54) is 0 Å². The molecule has 1 N–H and O–H groups in total. The van der Waals surface area contributed by atoms with E-state index < -0.39 is 5.54 Å². The summed E-state index contributed by atoms with van der Waals surface area (Å²) in [6.45, 7) is 11.9. The molecule has 0 fully saturated rings. The quantitative estimate of drug-likeness (QED) is 0.723. The van der Waals surface area contributed by atoms with E-state index in [0.29, 0.717) is 12.1 Å². The van der Waals surface area contributed by atoms with Gasteiger partial charge in [0, 0.05) is 12.1 Å². The van der Waals surface area contributed by atoms with Crippen molar-refractivity contribution in [2.45, 2.75) is 65.1 Å². The fourth-order valence-corrected chi connectivity index (χ4v) is 2.20. The van der Waals surface area contributed by atoms with Gasteiger partial charge in [-0.25, -0.2) is 0 Å². The monoisotopic (exact) mass is 225 g/mol. The maximum Gasteiger partial charge on any atom is 0.105 e. The second-order valence-corrected chi connectivity index (χ2v) is 4.83. The minimum absolute atomic E-state index is 0.416. The van der Waals surface area contributed by atoms with Crippen molar-refractivity contribution in [1.29, 1.82) is 5.26 Å². The molecular weight excluding hydrogens is 198 g/mol. The van der Waals surface area contributed by atoms with E-state index in [4.69, 9.17) is 5.26 Å². The van der Waals surface area contributed by atoms with Crippen LogP contribution in [0.25, 0.3) is 0 Å². The summed E-state index contributed by atoms with van der Waals surface area (Å²) in [5.41, 5.74) is -0.416. The fraction of sp³-hybridized carbons (Fsp3) is 0.923. The van der Waals surface area contributed by atoms with Crippen molar-refractivity contribution in [1.82, 2.24) is 10.2 Å². The van der Waals surface area contributed by atoms with Gasteiger partial charge < -0.3 is 5.32 Å². The van der Waals surface area contributed by atoms with E-state index in [0.717, 1.165) is 19.4 Å². The van der Waals surface area contributed by atoms with Crippen LogP contribution in [-0.2, 0) is 0 Å². The van der Waals surface area contributed by atoms with Gasteiger partial charge in [0.15, 0.2) is 0 Å². The first kappa shape index (κ1) is 15.4. The SMILES string of the molecule is CCC(C)N(CC)C(C)CC(C)(C#N)NC. The van der Waals surface area contributed by atoms with Crippen molar-refractivity contribution in [3.63, 3.8) is 0 Å². The summed E-state index contributed by atoms with van der Waals surface area (Å²) >= 11 is 0. The Bertz CT molecular complexity index is 234. The van der Waals surface area contributed by atoms with Gasteiger partial charge in [-0.3, -0.25) is 4.90 Å². The average molecular weight is 225 g/mol. The van der Waals surface area contributed by atoms with Gasteiger partial charge in [-0.05, 0) is 47.2 Å². The van der Waals surface area contributed by atoms with Gasteiger partial charge in [0.05, 0.1) is 6.07 Å². The van der Waals surface area contributed by atoms with Crippen molar-refractivity contribution in [2.24, 2.45) is 0 Å². The molecule has 0 aliphatic rings. The largest absolute Gasteiger partial charge is 0.303 e. The molecule has 0 spiro atoms. The number of nitriles is 1. The Labute approximate surface area is 101 Å². The number of nitrogens with zero attached hydrogens (tertiary/aromatic N) is 2. The molecule has 3 atom stereocenters. The highest BCUT2D eigenvalue weighted by molar-refractivity contribution is 5.04. The summed E-state index contributed by atoms with van der Waals surface area (Å²) < 4.78 is 0. The molecule has 3 nitrogen and oxygen atoms in total. The number of rotatable bonds is 7. The van der Waals surface area contributed by atoms with Crippen molar-refractivity contribution < 1.29 is 0 Å². The van der Waals surface area contributed by atoms with Crippen LogP contribution in [-0.4, -0.2) is 36.1 Å². The predicted molar refractivity (Wildman–Crippen MR) is 69.3 cm³/mol. The van der Waals surface area contributed by atoms with Crippen molar-refractivity contribution >= 4 is 0 Å². The van der Waals surface area contributed by atoms with E-state index in [1.54, 1.807) is 0 Å². The van der Waals surface area contributed by atoms with Crippen LogP contribution in [0, 0.1) is 11.3 Å². The summed E-state index contributed by atoms with van der Waals surface area (Å²) in [4.78, 5) is 2.47. The molecule has 16 heavy (non-hydrogen) atoms. The highest BCUT2D eigenvalue weighted by atomic mass is 15.2. The Balaban J connectivity index is 4.54. The van der Waals surface area contributed by atoms with Crippen molar-refractivity contribution in [3.05, 3.63) is 0 Å². The summed E-state index contributed by atoms with van der Waals surface area (Å²) in [6, 6.07) is 3.37. The van der Waals surface area contributed by atoms with Crippen LogP contribution in [0.3, 0.4) is 0 Å². The number of nitrogens with one attached hydrogen (secondary N) is 1. The lowest BCUT2D eigenvalue weighted by atomic mass is 9.94. The molecule has 0 aromatic rings. The van der Waals surface area contributed by atoms with Crippen LogP contribution in [0.5, 0.6) is 0 Å². The Morgan fingerprint density at radius 3 is 2.19 bits per heavy atom. The van der Waals surface area contributed by atoms with Gasteiger partial charge in [-0.1, -0.05) is 13.8 Å². The molecular formula is C13H27N3. The first-order valence-electron chi connectivity index (χ1n) is 6.30. The highest BCUT2D eigenvalue weighted by Crippen LogP contribution is 2.18. The maximum atomic E-state index is 9.15. The topological polar surface area (TPSA) is 39.1 Å². The van der Waals surface area contributed by atoms with Crippen LogP contribution in [0.2, 0.25) is 0 Å². The fourth-order valence-electron chi connectivity index (χ4n) is 2.20. The number of hydrogen-bond acceptors (Lipinski definition) is 3. The second-order valence-electron chi connectivity index (χ2n) is 4.83. The molecule has 0 saturated heterocycles. The Morgan fingerprint density at radius 1 is 1.31 bits per heavy atom. The van der Waals surface area contributed by atoms with E-state index in [2.05, 4.69) is 44.0 Å². The van der Waals surface area contributed by atoms with Crippen molar-refractivity contribution in [3.8, 4) is 6.07 Å². The molecule has 0 rings (SSSR count). The third kappa shape index (κ3) is 4.11. The van der Waals surface area contributed by atoms with Crippen LogP contribution >= 0.6 is 0 Å². The van der Waals surface area contributed by atoms with E-state index in [1.807, 2.05) is 14.0 Å². The summed E-state index contributed by atoms with van der Waals surface area (Å²) in [5, 5.41) is 12.3. The standard InChI is InChI=1S/C13H27N3/c1-7-11(3)16(8-2)12(4)9-13(5,10-14)15-6/h11-12,15H,7-9H2,1-6H3. The molecule has 3 heteroatoms. The lowest BCUT2D eigenvalue weighted by Gasteiger charge is -2.36. The van der Waals surface area contributed by atoms with Gasteiger partial charge in [0.2, 0.25) is 0 Å². The predicted octanol–water partition coefficient (Wildman–Crippen LogP) is 2.39. The van der Waals surface area contributed by atoms with Crippen LogP contribution in [0.4, 0.5) is 0 Å². The number of hydrogen-bond donors (Lipinski definition) is 1. The minimum atomic E-state index is -0.416. The van der Waals surface area contributed by atoms with Crippen LogP contribution in [0.1, 0.15) is 47.5 Å². The maximum absolute atomic E-state index is 9.15. The lowest BCUT2D eigenvalue weighted by Crippen LogP contribution is -2.48. The first-order chi connectivity index (χ1) is 7.44. The zero-order valence-electron chi connectivity index (χ0n) is 11.7. The summed E-state index contributed by atoms with van der Waals surface area (Å²) in [7, 11) is 1.86. The van der Waals surface area contributed by atoms with Crippen LogP contribution < -0.4 is 5.32 Å². The minimum Gasteiger partial charge on any atom is -0.303 e. The molecule has 0 radical (unpaired) electrons. The third-order valence-electron chi connectivity index (χ3n) is 3.59. The van der Waals surface area contributed by atoms with Gasteiger partial charge >= 0.3 is 0 Å². The molecule has 3 unspecified atom stereocenters. The van der Waals surface area contributed by atoms with Gasteiger partial charge in [0.1, 0.15) is 5.54 Å². The zero-order chi connectivity index (χ0) is 12.8. The second kappa shape index (κ2) is 6.88. The zero-order valence-corrected chi connectivity index (χ0v) is 11.7. The van der Waals surface area contributed by atoms with E-state index in [9.17, 15) is 0 Å². The normalized spacial score (nSPS) is 18.9. The van der Waals surface area contributed by atoms with Gasteiger partial charge in [0.25, 0.3) is 0 Å². The third-order valence-corrected chi connectivity index (χ3v) is 3.59. The van der Waals surface area contributed by atoms with Crippen LogP contribution in [0.15, 0.2) is 0 Å². The summed E-state index contributed by atoms with van der Waals surface area (Å²) in [6.07, 6.45) is 2.01. The van der Waals surface area contributed by atoms with E-state index >= 15 is 0 Å². The molecule has 0 aromatic heterocycles. The Hall–Kier alpha value is -0.590. The Kier molecular flexibility index (Phi) is 6.62. The van der Waals surface area contributed by atoms with E-state index in [-0.39, 0.29) is 0 Å². The molecule has 0 heterocycles. The first-order valence-corrected chi connectivity index (χ1v) is 6.30. The summed E-state index contributed by atoms with van der Waals surface area (Å²) in [5.74, 6) is 0. The van der Waals surface area contributed by atoms with Gasteiger partial charge in [-0.15, -0.1) is 0 Å². The molecule has 0 amide bonds. The Morgan fingerprint density at radius 2 is 1.88 bits per heavy atom. The molecule has 0 aromatic carbocycles. The van der Waals surface area contributed by atoms with Crippen molar-refractivity contribution in [2.75, 3.05) is 13.6 Å². The highest BCUT2D eigenvalue weighted by Gasteiger charge is 2.28. The lowest BCUT2D eigenvalue weighted by molar-refractivity contribution is 0.136.